The molecule has 0 saturated heterocycles. The zero-order valence-corrected chi connectivity index (χ0v) is 19.6. The first-order chi connectivity index (χ1) is 14.5. The summed E-state index contributed by atoms with van der Waals surface area (Å²) in [5.74, 6) is 0.572. The Morgan fingerprint density at radius 1 is 1.10 bits per heavy atom. The third-order valence-electron chi connectivity index (χ3n) is 4.94. The van der Waals surface area contributed by atoms with Gasteiger partial charge in [-0.05, 0) is 55.2 Å². The first-order valence-corrected chi connectivity index (χ1v) is 11.8. The number of benzene rings is 2. The second-order valence-electron chi connectivity index (χ2n) is 7.22. The largest absolute Gasteiger partial charge is 0.354 e. The summed E-state index contributed by atoms with van der Waals surface area (Å²) < 4.78 is 0. The highest BCUT2D eigenvalue weighted by Gasteiger charge is 2.28. The third kappa shape index (κ3) is 7.37. The molecule has 0 aromatic heterocycles. The van der Waals surface area contributed by atoms with Crippen LogP contribution in [0.15, 0.2) is 53.4 Å². The topological polar surface area (TPSA) is 49.4 Å². The van der Waals surface area contributed by atoms with Crippen molar-refractivity contribution < 1.29 is 9.59 Å². The highest BCUT2D eigenvalue weighted by atomic mass is 35.5. The zero-order chi connectivity index (χ0) is 21.9. The van der Waals surface area contributed by atoms with Gasteiger partial charge in [0.05, 0.1) is 0 Å². The Bertz CT molecular complexity index is 826. The van der Waals surface area contributed by atoms with E-state index in [4.69, 9.17) is 11.6 Å². The van der Waals surface area contributed by atoms with Crippen LogP contribution < -0.4 is 5.32 Å². The summed E-state index contributed by atoms with van der Waals surface area (Å²) in [5, 5.41) is 3.65. The van der Waals surface area contributed by atoms with Crippen LogP contribution in [0.2, 0.25) is 5.02 Å². The van der Waals surface area contributed by atoms with E-state index in [1.807, 2.05) is 69.3 Å². The van der Waals surface area contributed by atoms with Crippen LogP contribution in [0.1, 0.15) is 44.2 Å². The number of hydrogen-bond donors (Lipinski definition) is 1. The van der Waals surface area contributed by atoms with Crippen LogP contribution in [0, 0.1) is 6.92 Å². The van der Waals surface area contributed by atoms with Crippen LogP contribution in [0.3, 0.4) is 0 Å². The standard InChI is InChI=1S/C24H31ClN2O2S/c1-4-15-26-24(29)22(5-2)27(17-19-9-7-6-8-18(19)3)23(28)14-16-30-21-12-10-20(25)11-13-21/h6-13,22H,4-5,14-17H2,1-3H3,(H,26,29)/t22-/m1/s1. The van der Waals surface area contributed by atoms with Gasteiger partial charge in [-0.1, -0.05) is 49.7 Å². The number of halogens is 1. The number of carbonyl (C=O) groups excluding carboxylic acids is 2. The van der Waals surface area contributed by atoms with E-state index in [1.165, 1.54) is 0 Å². The number of nitrogens with zero attached hydrogens (tertiary/aromatic N) is 1. The van der Waals surface area contributed by atoms with Gasteiger partial charge in [0.15, 0.2) is 0 Å². The fourth-order valence-corrected chi connectivity index (χ4v) is 4.15. The summed E-state index contributed by atoms with van der Waals surface area (Å²) in [4.78, 5) is 28.8. The predicted molar refractivity (Wildman–Crippen MR) is 126 cm³/mol. The Hall–Kier alpha value is -1.98. The highest BCUT2D eigenvalue weighted by molar-refractivity contribution is 7.99. The predicted octanol–water partition coefficient (Wildman–Crippen LogP) is 5.46. The molecule has 162 valence electrons. The van der Waals surface area contributed by atoms with Gasteiger partial charge in [-0.25, -0.2) is 0 Å². The molecule has 0 bridgehead atoms. The molecule has 0 saturated carbocycles. The van der Waals surface area contributed by atoms with E-state index >= 15 is 0 Å². The van der Waals surface area contributed by atoms with E-state index < -0.39 is 6.04 Å². The van der Waals surface area contributed by atoms with Crippen molar-refractivity contribution in [2.24, 2.45) is 0 Å². The number of carbonyl (C=O) groups is 2. The van der Waals surface area contributed by atoms with Crippen molar-refractivity contribution in [3.05, 3.63) is 64.7 Å². The third-order valence-corrected chi connectivity index (χ3v) is 6.20. The van der Waals surface area contributed by atoms with E-state index in [1.54, 1.807) is 16.7 Å². The molecular formula is C24H31ClN2O2S. The average Bonchev–Trinajstić information content (AvgIpc) is 2.74. The molecule has 1 N–H and O–H groups in total. The van der Waals surface area contributed by atoms with Gasteiger partial charge in [-0.3, -0.25) is 9.59 Å². The molecule has 2 aromatic carbocycles. The molecule has 0 aliphatic heterocycles. The molecule has 2 amide bonds. The Labute approximate surface area is 189 Å². The van der Waals surface area contributed by atoms with Gasteiger partial charge in [0.1, 0.15) is 6.04 Å². The first kappa shape index (κ1) is 24.3. The molecule has 30 heavy (non-hydrogen) atoms. The van der Waals surface area contributed by atoms with Crippen LogP contribution in [-0.2, 0) is 16.1 Å². The van der Waals surface area contributed by atoms with E-state index in [9.17, 15) is 9.59 Å². The summed E-state index contributed by atoms with van der Waals surface area (Å²) in [5.41, 5.74) is 2.19. The minimum absolute atomic E-state index is 0.00165. The summed E-state index contributed by atoms with van der Waals surface area (Å²) in [6, 6.07) is 15.2. The van der Waals surface area contributed by atoms with Gasteiger partial charge in [-0.2, -0.15) is 0 Å². The maximum atomic E-state index is 13.2. The van der Waals surface area contributed by atoms with Crippen molar-refractivity contribution in [2.45, 2.75) is 57.5 Å². The smallest absolute Gasteiger partial charge is 0.242 e. The first-order valence-electron chi connectivity index (χ1n) is 10.5. The molecule has 0 unspecified atom stereocenters. The lowest BCUT2D eigenvalue weighted by molar-refractivity contribution is -0.141. The van der Waals surface area contributed by atoms with Gasteiger partial charge in [0.2, 0.25) is 11.8 Å². The molecule has 0 fully saturated rings. The maximum absolute atomic E-state index is 13.2. The van der Waals surface area contributed by atoms with Gasteiger partial charge < -0.3 is 10.2 Å². The quantitative estimate of drug-likeness (QED) is 0.466. The minimum atomic E-state index is -0.468. The summed E-state index contributed by atoms with van der Waals surface area (Å²) in [6.07, 6.45) is 1.82. The summed E-state index contributed by atoms with van der Waals surface area (Å²) in [6.45, 7) is 7.07. The van der Waals surface area contributed by atoms with E-state index in [0.29, 0.717) is 36.7 Å². The number of hydrogen-bond acceptors (Lipinski definition) is 3. The van der Waals surface area contributed by atoms with Crippen molar-refractivity contribution in [3.8, 4) is 0 Å². The Kier molecular flexibility index (Phi) is 10.2. The second-order valence-corrected chi connectivity index (χ2v) is 8.82. The lowest BCUT2D eigenvalue weighted by atomic mass is 10.1. The average molecular weight is 447 g/mol. The SMILES string of the molecule is CCCNC(=O)[C@@H](CC)N(Cc1ccccc1C)C(=O)CCSc1ccc(Cl)cc1. The van der Waals surface area contributed by atoms with Gasteiger partial charge in [-0.15, -0.1) is 11.8 Å². The zero-order valence-electron chi connectivity index (χ0n) is 18.0. The number of rotatable bonds is 11. The maximum Gasteiger partial charge on any atom is 0.242 e. The van der Waals surface area contributed by atoms with E-state index in [2.05, 4.69) is 5.32 Å². The lowest BCUT2D eigenvalue weighted by Gasteiger charge is -2.31. The molecule has 0 aliphatic rings. The Morgan fingerprint density at radius 2 is 1.80 bits per heavy atom. The van der Waals surface area contributed by atoms with E-state index in [0.717, 1.165) is 22.4 Å². The van der Waals surface area contributed by atoms with Crippen molar-refractivity contribution in [3.63, 3.8) is 0 Å². The number of amides is 2. The van der Waals surface area contributed by atoms with Crippen molar-refractivity contribution in [1.82, 2.24) is 10.2 Å². The van der Waals surface area contributed by atoms with Crippen LogP contribution >= 0.6 is 23.4 Å². The summed E-state index contributed by atoms with van der Waals surface area (Å²) in [7, 11) is 0. The molecule has 0 radical (unpaired) electrons. The fourth-order valence-electron chi connectivity index (χ4n) is 3.19. The molecule has 0 aliphatic carbocycles. The fraction of sp³-hybridized carbons (Fsp3) is 0.417. The normalized spacial score (nSPS) is 11.7. The van der Waals surface area contributed by atoms with Crippen molar-refractivity contribution in [1.29, 1.82) is 0 Å². The van der Waals surface area contributed by atoms with Gasteiger partial charge in [0, 0.05) is 35.2 Å². The monoisotopic (exact) mass is 446 g/mol. The second kappa shape index (κ2) is 12.7. The van der Waals surface area contributed by atoms with Crippen LogP contribution in [0.4, 0.5) is 0 Å². The molecular weight excluding hydrogens is 416 g/mol. The Balaban J connectivity index is 2.11. The van der Waals surface area contributed by atoms with Crippen LogP contribution in [0.25, 0.3) is 0 Å². The number of thioether (sulfide) groups is 1. The molecule has 4 nitrogen and oxygen atoms in total. The van der Waals surface area contributed by atoms with Crippen molar-refractivity contribution >= 4 is 35.2 Å². The van der Waals surface area contributed by atoms with Crippen LogP contribution in [-0.4, -0.2) is 35.1 Å². The minimum Gasteiger partial charge on any atom is -0.354 e. The number of aryl methyl sites for hydroxylation is 1. The molecule has 2 rings (SSSR count). The van der Waals surface area contributed by atoms with Crippen molar-refractivity contribution in [2.75, 3.05) is 12.3 Å². The highest BCUT2D eigenvalue weighted by Crippen LogP contribution is 2.22. The molecule has 0 heterocycles. The molecule has 6 heteroatoms. The summed E-state index contributed by atoms with van der Waals surface area (Å²) >= 11 is 7.56. The van der Waals surface area contributed by atoms with E-state index in [-0.39, 0.29) is 11.8 Å². The lowest BCUT2D eigenvalue weighted by Crippen LogP contribution is -2.49. The molecule has 1 atom stereocenters. The molecule has 2 aromatic rings. The van der Waals surface area contributed by atoms with Gasteiger partial charge in [0.25, 0.3) is 0 Å². The molecule has 0 spiro atoms. The van der Waals surface area contributed by atoms with Gasteiger partial charge >= 0.3 is 0 Å². The number of nitrogens with one attached hydrogen (secondary N) is 1. The Morgan fingerprint density at radius 3 is 2.43 bits per heavy atom. The van der Waals surface area contributed by atoms with Crippen LogP contribution in [0.5, 0.6) is 0 Å².